The van der Waals surface area contributed by atoms with Gasteiger partial charge in [0, 0.05) is 6.54 Å². The van der Waals surface area contributed by atoms with E-state index in [0.717, 1.165) is 10.5 Å². The summed E-state index contributed by atoms with van der Waals surface area (Å²) < 4.78 is 16.6. The Balaban J connectivity index is 1.34. The summed E-state index contributed by atoms with van der Waals surface area (Å²) in [5, 5.41) is 9.24. The van der Waals surface area contributed by atoms with Crippen molar-refractivity contribution in [3.05, 3.63) is 83.9 Å². The number of ether oxygens (including phenoxy) is 3. The number of carbonyl (C=O) groups excluding carboxylic acids is 2. The molecular formula is C27H26N2O7. The monoisotopic (exact) mass is 490 g/mol. The topological polar surface area (TPSA) is 106 Å². The summed E-state index contributed by atoms with van der Waals surface area (Å²) in [6, 6.07) is 21.3. The second-order valence-electron chi connectivity index (χ2n) is 8.23. The molecule has 0 aromatic heterocycles. The highest BCUT2D eigenvalue weighted by atomic mass is 16.6. The Hall–Kier alpha value is -4.53. The van der Waals surface area contributed by atoms with Gasteiger partial charge in [-0.3, -0.25) is 14.5 Å². The van der Waals surface area contributed by atoms with Gasteiger partial charge in [-0.2, -0.15) is 0 Å². The van der Waals surface area contributed by atoms with Crippen LogP contribution in [0, 0.1) is 6.92 Å². The molecular weight excluding hydrogens is 464 g/mol. The van der Waals surface area contributed by atoms with Gasteiger partial charge in [0.25, 0.3) is 5.91 Å². The Morgan fingerprint density at radius 3 is 2.56 bits per heavy atom. The standard InChI is InChI=1S/C27H26N2O7/c1-19-5-4-6-22(15-19)36-27(33)28(17-26(31)32)16-20-9-11-21(12-10-20)34-14-13-29-23-7-2-3-8-24(23)35-18-25(29)30/h2-12,15H,13-14,16-18H2,1H3,(H,31,32). The van der Waals surface area contributed by atoms with Crippen LogP contribution in [-0.2, 0) is 16.1 Å². The van der Waals surface area contributed by atoms with Gasteiger partial charge in [0.1, 0.15) is 30.4 Å². The molecule has 0 saturated carbocycles. The molecule has 186 valence electrons. The van der Waals surface area contributed by atoms with Crippen molar-refractivity contribution < 1.29 is 33.7 Å². The summed E-state index contributed by atoms with van der Waals surface area (Å²) in [5.74, 6) is 0.313. The number of carbonyl (C=O) groups is 3. The van der Waals surface area contributed by atoms with Gasteiger partial charge in [-0.05, 0) is 54.4 Å². The van der Waals surface area contributed by atoms with Crippen molar-refractivity contribution >= 4 is 23.7 Å². The summed E-state index contributed by atoms with van der Waals surface area (Å²) >= 11 is 0. The Bertz CT molecular complexity index is 1240. The molecule has 4 rings (SSSR count). The van der Waals surface area contributed by atoms with Crippen LogP contribution in [0.1, 0.15) is 11.1 Å². The number of hydrogen-bond acceptors (Lipinski definition) is 6. The summed E-state index contributed by atoms with van der Waals surface area (Å²) in [6.07, 6.45) is -0.751. The number of rotatable bonds is 9. The predicted molar refractivity (Wildman–Crippen MR) is 131 cm³/mol. The molecule has 0 unspecified atom stereocenters. The average Bonchev–Trinajstić information content (AvgIpc) is 2.85. The minimum Gasteiger partial charge on any atom is -0.492 e. The van der Waals surface area contributed by atoms with E-state index >= 15 is 0 Å². The molecule has 9 heteroatoms. The molecule has 0 aliphatic carbocycles. The maximum atomic E-state index is 12.6. The van der Waals surface area contributed by atoms with E-state index in [-0.39, 0.29) is 25.7 Å². The van der Waals surface area contributed by atoms with Gasteiger partial charge < -0.3 is 24.2 Å². The van der Waals surface area contributed by atoms with Crippen LogP contribution in [0.5, 0.6) is 17.2 Å². The van der Waals surface area contributed by atoms with Gasteiger partial charge in [0.15, 0.2) is 6.61 Å². The van der Waals surface area contributed by atoms with Crippen LogP contribution in [0.15, 0.2) is 72.8 Å². The number of anilines is 1. The van der Waals surface area contributed by atoms with E-state index in [9.17, 15) is 19.5 Å². The van der Waals surface area contributed by atoms with Crippen LogP contribution in [0.25, 0.3) is 0 Å². The number of carboxylic acid groups (broad SMARTS) is 1. The van der Waals surface area contributed by atoms with Crippen LogP contribution < -0.4 is 19.1 Å². The molecule has 1 N–H and O–H groups in total. The SMILES string of the molecule is Cc1cccc(OC(=O)N(CC(=O)O)Cc2ccc(OCCN3C(=O)COc4ccccc43)cc2)c1. The first-order valence-corrected chi connectivity index (χ1v) is 11.4. The lowest BCUT2D eigenvalue weighted by Gasteiger charge is -2.29. The van der Waals surface area contributed by atoms with Crippen LogP contribution in [-0.4, -0.2) is 54.3 Å². The number of benzene rings is 3. The predicted octanol–water partition coefficient (Wildman–Crippen LogP) is 3.89. The fourth-order valence-corrected chi connectivity index (χ4v) is 3.76. The minimum atomic E-state index is -1.14. The van der Waals surface area contributed by atoms with Gasteiger partial charge in [0.2, 0.25) is 0 Å². The lowest BCUT2D eigenvalue weighted by Crippen LogP contribution is -2.41. The molecule has 0 spiro atoms. The summed E-state index contributed by atoms with van der Waals surface area (Å²) in [6.45, 7) is 2.04. The number of aliphatic carboxylic acids is 1. The van der Waals surface area contributed by atoms with Crippen molar-refractivity contribution in [3.8, 4) is 17.2 Å². The summed E-state index contributed by atoms with van der Waals surface area (Å²) in [7, 11) is 0. The van der Waals surface area contributed by atoms with E-state index in [0.29, 0.717) is 35.0 Å². The normalized spacial score (nSPS) is 12.4. The quantitative estimate of drug-likeness (QED) is 0.485. The Kier molecular flexibility index (Phi) is 7.69. The largest absolute Gasteiger partial charge is 0.492 e. The fraction of sp³-hybridized carbons (Fsp3) is 0.222. The first-order valence-electron chi connectivity index (χ1n) is 11.4. The molecule has 1 aliphatic rings. The molecule has 1 heterocycles. The highest BCUT2D eigenvalue weighted by molar-refractivity contribution is 5.97. The average molecular weight is 491 g/mol. The molecule has 36 heavy (non-hydrogen) atoms. The van der Waals surface area contributed by atoms with Crippen LogP contribution >= 0.6 is 0 Å². The number of carboxylic acids is 1. The molecule has 0 atom stereocenters. The number of nitrogens with zero attached hydrogens (tertiary/aromatic N) is 2. The second kappa shape index (κ2) is 11.3. The maximum Gasteiger partial charge on any atom is 0.416 e. The highest BCUT2D eigenvalue weighted by Crippen LogP contribution is 2.31. The Labute approximate surface area is 208 Å². The van der Waals surface area contributed by atoms with E-state index in [4.69, 9.17) is 14.2 Å². The lowest BCUT2D eigenvalue weighted by molar-refractivity contribution is -0.138. The third-order valence-corrected chi connectivity index (χ3v) is 5.47. The van der Waals surface area contributed by atoms with Gasteiger partial charge in [0.05, 0.1) is 12.2 Å². The number of hydrogen-bond donors (Lipinski definition) is 1. The molecule has 3 aromatic carbocycles. The van der Waals surface area contributed by atoms with Crippen molar-refractivity contribution in [1.82, 2.24) is 4.90 Å². The van der Waals surface area contributed by atoms with Crippen LogP contribution in [0.4, 0.5) is 10.5 Å². The molecule has 0 bridgehead atoms. The van der Waals surface area contributed by atoms with E-state index in [1.807, 2.05) is 37.3 Å². The maximum absolute atomic E-state index is 12.6. The van der Waals surface area contributed by atoms with Crippen molar-refractivity contribution in [2.24, 2.45) is 0 Å². The van der Waals surface area contributed by atoms with Gasteiger partial charge in [-0.15, -0.1) is 0 Å². The third kappa shape index (κ3) is 6.32. The number of fused-ring (bicyclic) bond motifs is 1. The van der Waals surface area contributed by atoms with Crippen molar-refractivity contribution in [2.75, 3.05) is 31.2 Å². The molecule has 0 radical (unpaired) electrons. The Morgan fingerprint density at radius 2 is 1.81 bits per heavy atom. The second-order valence-corrected chi connectivity index (χ2v) is 8.23. The van der Waals surface area contributed by atoms with Crippen molar-refractivity contribution in [3.63, 3.8) is 0 Å². The highest BCUT2D eigenvalue weighted by Gasteiger charge is 2.25. The van der Waals surface area contributed by atoms with Crippen molar-refractivity contribution in [2.45, 2.75) is 13.5 Å². The number of para-hydroxylation sites is 2. The molecule has 3 aromatic rings. The van der Waals surface area contributed by atoms with E-state index in [1.165, 1.54) is 0 Å². The van der Waals surface area contributed by atoms with Crippen LogP contribution in [0.2, 0.25) is 0 Å². The van der Waals surface area contributed by atoms with Crippen molar-refractivity contribution in [1.29, 1.82) is 0 Å². The summed E-state index contributed by atoms with van der Waals surface area (Å²) in [4.78, 5) is 38.9. The third-order valence-electron chi connectivity index (χ3n) is 5.47. The zero-order valence-electron chi connectivity index (χ0n) is 19.8. The number of amides is 2. The zero-order chi connectivity index (χ0) is 25.5. The Morgan fingerprint density at radius 1 is 1.03 bits per heavy atom. The van der Waals surface area contributed by atoms with E-state index in [2.05, 4.69) is 0 Å². The van der Waals surface area contributed by atoms with Gasteiger partial charge in [-0.1, -0.05) is 36.4 Å². The van der Waals surface area contributed by atoms with Crippen LogP contribution in [0.3, 0.4) is 0 Å². The summed E-state index contributed by atoms with van der Waals surface area (Å²) in [5.41, 5.74) is 2.34. The van der Waals surface area contributed by atoms with Gasteiger partial charge >= 0.3 is 12.1 Å². The lowest BCUT2D eigenvalue weighted by atomic mass is 10.2. The van der Waals surface area contributed by atoms with E-state index in [1.54, 1.807) is 47.4 Å². The fourth-order valence-electron chi connectivity index (χ4n) is 3.76. The van der Waals surface area contributed by atoms with E-state index < -0.39 is 18.6 Å². The smallest absolute Gasteiger partial charge is 0.416 e. The molecule has 9 nitrogen and oxygen atoms in total. The van der Waals surface area contributed by atoms with Gasteiger partial charge in [-0.25, -0.2) is 4.79 Å². The molecule has 0 fully saturated rings. The first kappa shape index (κ1) is 24.6. The number of aryl methyl sites for hydroxylation is 1. The first-order chi connectivity index (χ1) is 17.4. The molecule has 0 saturated heterocycles. The zero-order valence-corrected chi connectivity index (χ0v) is 19.8. The minimum absolute atomic E-state index is 0.00906. The molecule has 2 amide bonds. The molecule has 1 aliphatic heterocycles.